The molecule has 1 amide bonds. The van der Waals surface area contributed by atoms with Crippen LogP contribution in [0, 0.1) is 11.3 Å². The van der Waals surface area contributed by atoms with Crippen LogP contribution in [0.1, 0.15) is 32.1 Å². The third-order valence-corrected chi connectivity index (χ3v) is 4.86. The van der Waals surface area contributed by atoms with Gasteiger partial charge in [0.25, 0.3) is 0 Å². The summed E-state index contributed by atoms with van der Waals surface area (Å²) >= 11 is 0. The summed E-state index contributed by atoms with van der Waals surface area (Å²) in [4.78, 5) is 11.5. The maximum atomic E-state index is 12.3. The van der Waals surface area contributed by atoms with Crippen LogP contribution < -0.4 is 10.0 Å². The van der Waals surface area contributed by atoms with Gasteiger partial charge in [0.05, 0.1) is 11.0 Å². The minimum Gasteiger partial charge on any atom is -0.325 e. The molecular weight excluding hydrogens is 290 g/mol. The fourth-order valence-electron chi connectivity index (χ4n) is 2.35. The zero-order valence-electron chi connectivity index (χ0n) is 11.5. The molecule has 6 nitrogen and oxygen atoms in total. The highest BCUT2D eigenvalue weighted by atomic mass is 32.2. The summed E-state index contributed by atoms with van der Waals surface area (Å²) in [6, 6.07) is 7.76. The van der Waals surface area contributed by atoms with Crippen LogP contribution in [0.3, 0.4) is 0 Å². The molecule has 1 aromatic carbocycles. The topological polar surface area (TPSA) is 99.1 Å². The van der Waals surface area contributed by atoms with Gasteiger partial charge in [-0.3, -0.25) is 4.79 Å². The van der Waals surface area contributed by atoms with Gasteiger partial charge in [0.15, 0.2) is 0 Å². The number of hydrogen-bond acceptors (Lipinski definition) is 4. The second kappa shape index (κ2) is 6.70. The van der Waals surface area contributed by atoms with E-state index in [1.54, 1.807) is 18.2 Å². The zero-order chi connectivity index (χ0) is 15.3. The number of hydrogen-bond donors (Lipinski definition) is 2. The Labute approximate surface area is 124 Å². The van der Waals surface area contributed by atoms with Crippen LogP contribution in [0.4, 0.5) is 5.69 Å². The average molecular weight is 307 g/mol. The summed E-state index contributed by atoms with van der Waals surface area (Å²) < 4.78 is 27.2. The molecule has 2 N–H and O–H groups in total. The Morgan fingerprint density at radius 3 is 2.71 bits per heavy atom. The Kier molecular flexibility index (Phi) is 4.94. The van der Waals surface area contributed by atoms with E-state index in [4.69, 9.17) is 5.26 Å². The first-order valence-corrected chi connectivity index (χ1v) is 8.29. The first-order chi connectivity index (χ1) is 10.0. The van der Waals surface area contributed by atoms with Crippen molar-refractivity contribution in [3.63, 3.8) is 0 Å². The largest absolute Gasteiger partial charge is 0.325 e. The monoisotopic (exact) mass is 307 g/mol. The third kappa shape index (κ3) is 4.28. The van der Waals surface area contributed by atoms with Crippen molar-refractivity contribution in [2.75, 3.05) is 5.32 Å². The van der Waals surface area contributed by atoms with Crippen molar-refractivity contribution < 1.29 is 13.2 Å². The van der Waals surface area contributed by atoms with Crippen molar-refractivity contribution in [2.45, 2.75) is 43.0 Å². The summed E-state index contributed by atoms with van der Waals surface area (Å²) in [7, 11) is -3.58. The normalized spacial score (nSPS) is 15.6. The van der Waals surface area contributed by atoms with E-state index in [1.807, 2.05) is 0 Å². The van der Waals surface area contributed by atoms with Crippen LogP contribution in [-0.4, -0.2) is 20.4 Å². The molecular formula is C14H17N3O3S. The van der Waals surface area contributed by atoms with Gasteiger partial charge >= 0.3 is 0 Å². The molecule has 0 heterocycles. The van der Waals surface area contributed by atoms with Crippen molar-refractivity contribution in [3.8, 4) is 6.07 Å². The summed E-state index contributed by atoms with van der Waals surface area (Å²) in [5, 5.41) is 10.9. The summed E-state index contributed by atoms with van der Waals surface area (Å²) in [6.45, 7) is 0. The van der Waals surface area contributed by atoms with Crippen LogP contribution >= 0.6 is 0 Å². The summed E-state index contributed by atoms with van der Waals surface area (Å²) in [5.74, 6) is -0.462. The quantitative estimate of drug-likeness (QED) is 0.865. The van der Waals surface area contributed by atoms with Crippen LogP contribution in [-0.2, 0) is 14.8 Å². The molecule has 1 aliphatic rings. The van der Waals surface area contributed by atoms with Crippen molar-refractivity contribution in [2.24, 2.45) is 0 Å². The lowest BCUT2D eigenvalue weighted by Gasteiger charge is -2.13. The highest BCUT2D eigenvalue weighted by molar-refractivity contribution is 7.89. The molecule has 0 unspecified atom stereocenters. The number of carbonyl (C=O) groups excluding carboxylic acids is 1. The second-order valence-corrected chi connectivity index (χ2v) is 6.73. The van der Waals surface area contributed by atoms with E-state index in [-0.39, 0.29) is 17.4 Å². The zero-order valence-corrected chi connectivity index (χ0v) is 12.3. The molecule has 112 valence electrons. The van der Waals surface area contributed by atoms with Gasteiger partial charge in [0.1, 0.15) is 6.42 Å². The number of sulfonamides is 1. The lowest BCUT2D eigenvalue weighted by atomic mass is 10.3. The van der Waals surface area contributed by atoms with Gasteiger partial charge in [0.2, 0.25) is 15.9 Å². The average Bonchev–Trinajstić information content (AvgIpc) is 2.91. The van der Waals surface area contributed by atoms with E-state index >= 15 is 0 Å². The molecule has 0 bridgehead atoms. The minimum absolute atomic E-state index is 0.00756. The first kappa shape index (κ1) is 15.5. The SMILES string of the molecule is N#CCC(=O)Nc1cccc(S(=O)(=O)NC2CCCC2)c1. The first-order valence-electron chi connectivity index (χ1n) is 6.80. The van der Waals surface area contributed by atoms with E-state index in [9.17, 15) is 13.2 Å². The highest BCUT2D eigenvalue weighted by Gasteiger charge is 2.23. The third-order valence-electron chi connectivity index (χ3n) is 3.34. The van der Waals surface area contributed by atoms with Crippen molar-refractivity contribution in [1.29, 1.82) is 5.26 Å². The minimum atomic E-state index is -3.58. The van der Waals surface area contributed by atoms with E-state index in [0.29, 0.717) is 5.69 Å². The fourth-order valence-corrected chi connectivity index (χ4v) is 3.70. The molecule has 1 aliphatic carbocycles. The molecule has 0 radical (unpaired) electrons. The van der Waals surface area contributed by atoms with Gasteiger partial charge in [0, 0.05) is 11.7 Å². The number of amides is 1. The number of nitrogens with zero attached hydrogens (tertiary/aromatic N) is 1. The lowest BCUT2D eigenvalue weighted by molar-refractivity contribution is -0.115. The molecule has 21 heavy (non-hydrogen) atoms. The molecule has 7 heteroatoms. The van der Waals surface area contributed by atoms with Crippen molar-refractivity contribution in [3.05, 3.63) is 24.3 Å². The van der Waals surface area contributed by atoms with E-state index in [1.165, 1.54) is 12.1 Å². The Balaban J connectivity index is 2.12. The molecule has 0 aliphatic heterocycles. The van der Waals surface area contributed by atoms with Gasteiger partial charge in [-0.05, 0) is 31.0 Å². The number of benzene rings is 1. The summed E-state index contributed by atoms with van der Waals surface area (Å²) in [5.41, 5.74) is 0.365. The Morgan fingerprint density at radius 2 is 2.05 bits per heavy atom. The number of nitrogens with one attached hydrogen (secondary N) is 2. The molecule has 1 fully saturated rings. The Bertz CT molecular complexity index is 658. The number of rotatable bonds is 5. The Hall–Kier alpha value is -1.91. The molecule has 1 aromatic rings. The Morgan fingerprint density at radius 1 is 1.33 bits per heavy atom. The molecule has 0 spiro atoms. The predicted molar refractivity (Wildman–Crippen MR) is 77.9 cm³/mol. The van der Waals surface area contributed by atoms with Crippen molar-refractivity contribution >= 4 is 21.6 Å². The van der Waals surface area contributed by atoms with Crippen LogP contribution in [0.2, 0.25) is 0 Å². The molecule has 1 saturated carbocycles. The van der Waals surface area contributed by atoms with Crippen molar-refractivity contribution in [1.82, 2.24) is 4.72 Å². The standard InChI is InChI=1S/C14H17N3O3S/c15-9-8-14(18)16-12-6-3-7-13(10-12)21(19,20)17-11-4-1-2-5-11/h3,6-7,10-11,17H,1-2,4-5,8H2,(H,16,18). The number of anilines is 1. The van der Waals surface area contributed by atoms with Gasteiger partial charge < -0.3 is 5.32 Å². The van der Waals surface area contributed by atoms with E-state index in [0.717, 1.165) is 25.7 Å². The van der Waals surface area contributed by atoms with E-state index in [2.05, 4.69) is 10.0 Å². The maximum Gasteiger partial charge on any atom is 0.240 e. The van der Waals surface area contributed by atoms with Crippen LogP contribution in [0.25, 0.3) is 0 Å². The highest BCUT2D eigenvalue weighted by Crippen LogP contribution is 2.21. The number of nitriles is 1. The summed E-state index contributed by atoms with van der Waals surface area (Å²) in [6.07, 6.45) is 3.53. The molecule has 0 aromatic heterocycles. The molecule has 2 rings (SSSR count). The lowest BCUT2D eigenvalue weighted by Crippen LogP contribution is -2.32. The van der Waals surface area contributed by atoms with Crippen LogP contribution in [0.5, 0.6) is 0 Å². The fraction of sp³-hybridized carbons (Fsp3) is 0.429. The number of carbonyl (C=O) groups is 1. The molecule has 0 saturated heterocycles. The van der Waals surface area contributed by atoms with Gasteiger partial charge in [-0.1, -0.05) is 18.9 Å². The second-order valence-electron chi connectivity index (χ2n) is 5.01. The maximum absolute atomic E-state index is 12.3. The van der Waals surface area contributed by atoms with Gasteiger partial charge in [-0.25, -0.2) is 13.1 Å². The van der Waals surface area contributed by atoms with Crippen LogP contribution in [0.15, 0.2) is 29.2 Å². The van der Waals surface area contributed by atoms with Gasteiger partial charge in [-0.15, -0.1) is 0 Å². The van der Waals surface area contributed by atoms with Gasteiger partial charge in [-0.2, -0.15) is 5.26 Å². The predicted octanol–water partition coefficient (Wildman–Crippen LogP) is 1.76. The molecule has 0 atom stereocenters. The smallest absolute Gasteiger partial charge is 0.240 e. The van der Waals surface area contributed by atoms with E-state index < -0.39 is 15.9 Å².